The standard InChI is InChI=1S/C22H26O4/c1-2-25-21-14-13-19(22(23)18-11-7-4-8-12-18)20(26-21)16-24-15-17-9-5-3-6-10-17/h3-14,19-23H,2,15-16H2,1H3/t19-,20+,21-,22+/m0/s1. The van der Waals surface area contributed by atoms with Gasteiger partial charge >= 0.3 is 0 Å². The van der Waals surface area contributed by atoms with Crippen LogP contribution in [0.25, 0.3) is 0 Å². The van der Waals surface area contributed by atoms with Crippen LogP contribution in [0.15, 0.2) is 72.8 Å². The summed E-state index contributed by atoms with van der Waals surface area (Å²) in [4.78, 5) is 0. The Labute approximate surface area is 155 Å². The SMILES string of the molecule is CCO[C@@H]1C=C[C@H]([C@H](O)c2ccccc2)[C@@H](COCc2ccccc2)O1. The zero-order chi connectivity index (χ0) is 18.2. The summed E-state index contributed by atoms with van der Waals surface area (Å²) in [7, 11) is 0. The van der Waals surface area contributed by atoms with E-state index in [1.165, 1.54) is 0 Å². The lowest BCUT2D eigenvalue weighted by Gasteiger charge is -2.34. The van der Waals surface area contributed by atoms with Gasteiger partial charge in [-0.3, -0.25) is 0 Å². The average molecular weight is 354 g/mol. The Morgan fingerprint density at radius 3 is 2.38 bits per heavy atom. The molecule has 0 radical (unpaired) electrons. The molecule has 0 bridgehead atoms. The Morgan fingerprint density at radius 2 is 1.69 bits per heavy atom. The van der Waals surface area contributed by atoms with Gasteiger partial charge in [-0.15, -0.1) is 0 Å². The Morgan fingerprint density at radius 1 is 1.00 bits per heavy atom. The van der Waals surface area contributed by atoms with Gasteiger partial charge in [0.05, 0.1) is 25.4 Å². The maximum atomic E-state index is 10.8. The third-order valence-electron chi connectivity index (χ3n) is 4.46. The van der Waals surface area contributed by atoms with Crippen molar-refractivity contribution in [2.75, 3.05) is 13.2 Å². The maximum absolute atomic E-state index is 10.8. The highest BCUT2D eigenvalue weighted by molar-refractivity contribution is 5.21. The molecule has 4 heteroatoms. The number of rotatable bonds is 8. The van der Waals surface area contributed by atoms with Gasteiger partial charge in [0.1, 0.15) is 0 Å². The van der Waals surface area contributed by atoms with Crippen molar-refractivity contribution in [1.82, 2.24) is 0 Å². The predicted octanol–water partition coefficient (Wildman–Crippen LogP) is 3.87. The fraction of sp³-hybridized carbons (Fsp3) is 0.364. The molecule has 2 aromatic rings. The Kier molecular flexibility index (Phi) is 6.97. The summed E-state index contributed by atoms with van der Waals surface area (Å²) in [6.45, 7) is 3.40. The van der Waals surface area contributed by atoms with Crippen LogP contribution in [0.1, 0.15) is 24.2 Å². The van der Waals surface area contributed by atoms with Gasteiger partial charge in [-0.2, -0.15) is 0 Å². The molecule has 138 valence electrons. The first-order valence-electron chi connectivity index (χ1n) is 9.08. The molecule has 4 nitrogen and oxygen atoms in total. The lowest BCUT2D eigenvalue weighted by molar-refractivity contribution is -0.183. The summed E-state index contributed by atoms with van der Waals surface area (Å²) in [6.07, 6.45) is 2.52. The number of aliphatic hydroxyl groups excluding tert-OH is 1. The van der Waals surface area contributed by atoms with Crippen LogP contribution < -0.4 is 0 Å². The molecular formula is C22H26O4. The second kappa shape index (κ2) is 9.64. The highest BCUT2D eigenvalue weighted by atomic mass is 16.7. The van der Waals surface area contributed by atoms with Crippen molar-refractivity contribution in [1.29, 1.82) is 0 Å². The molecule has 4 atom stereocenters. The maximum Gasteiger partial charge on any atom is 0.177 e. The molecule has 1 N–H and O–H groups in total. The highest BCUT2D eigenvalue weighted by Gasteiger charge is 2.33. The van der Waals surface area contributed by atoms with E-state index in [2.05, 4.69) is 0 Å². The Bertz CT molecular complexity index is 671. The van der Waals surface area contributed by atoms with Crippen LogP contribution in [0.5, 0.6) is 0 Å². The van der Waals surface area contributed by atoms with Gasteiger partial charge in [0.2, 0.25) is 0 Å². The van der Waals surface area contributed by atoms with Gasteiger partial charge in [-0.1, -0.05) is 66.7 Å². The van der Waals surface area contributed by atoms with Gasteiger partial charge in [0.15, 0.2) is 6.29 Å². The van der Waals surface area contributed by atoms with Gasteiger partial charge in [-0.25, -0.2) is 0 Å². The summed E-state index contributed by atoms with van der Waals surface area (Å²) in [5, 5.41) is 10.8. The first-order valence-corrected chi connectivity index (χ1v) is 9.08. The molecule has 0 saturated heterocycles. The van der Waals surface area contributed by atoms with E-state index >= 15 is 0 Å². The number of benzene rings is 2. The van der Waals surface area contributed by atoms with Gasteiger partial charge in [-0.05, 0) is 24.1 Å². The second-order valence-electron chi connectivity index (χ2n) is 6.32. The fourth-order valence-electron chi connectivity index (χ4n) is 3.11. The van der Waals surface area contributed by atoms with Crippen molar-refractivity contribution in [2.45, 2.75) is 32.0 Å². The third-order valence-corrected chi connectivity index (χ3v) is 4.46. The minimum absolute atomic E-state index is 0.190. The number of hydrogen-bond acceptors (Lipinski definition) is 4. The summed E-state index contributed by atoms with van der Waals surface area (Å²) in [6, 6.07) is 19.7. The molecule has 1 aliphatic heterocycles. The molecule has 0 unspecified atom stereocenters. The smallest absolute Gasteiger partial charge is 0.177 e. The molecule has 2 aromatic carbocycles. The van der Waals surface area contributed by atoms with Crippen molar-refractivity contribution in [2.24, 2.45) is 5.92 Å². The van der Waals surface area contributed by atoms with E-state index in [0.717, 1.165) is 11.1 Å². The average Bonchev–Trinajstić information content (AvgIpc) is 2.69. The van der Waals surface area contributed by atoms with Crippen LogP contribution >= 0.6 is 0 Å². The number of ether oxygens (including phenoxy) is 3. The Balaban J connectivity index is 1.66. The second-order valence-corrected chi connectivity index (χ2v) is 6.32. The van der Waals surface area contributed by atoms with E-state index in [1.807, 2.05) is 79.7 Å². The zero-order valence-corrected chi connectivity index (χ0v) is 15.0. The van der Waals surface area contributed by atoms with E-state index in [1.54, 1.807) is 0 Å². The summed E-state index contributed by atoms with van der Waals surface area (Å²) in [5.41, 5.74) is 1.98. The topological polar surface area (TPSA) is 47.9 Å². The van der Waals surface area contributed by atoms with Gasteiger partial charge < -0.3 is 19.3 Å². The fourth-order valence-corrected chi connectivity index (χ4v) is 3.11. The molecule has 0 spiro atoms. The first-order chi connectivity index (χ1) is 12.8. The number of aliphatic hydroxyl groups is 1. The molecule has 26 heavy (non-hydrogen) atoms. The summed E-state index contributed by atoms with van der Waals surface area (Å²) in [5.74, 6) is -0.190. The lowest BCUT2D eigenvalue weighted by Crippen LogP contribution is -2.39. The number of hydrogen-bond donors (Lipinski definition) is 1. The normalized spacial score (nSPS) is 23.7. The Hall–Kier alpha value is -1.98. The van der Waals surface area contributed by atoms with Crippen molar-refractivity contribution in [3.63, 3.8) is 0 Å². The third kappa shape index (κ3) is 5.02. The van der Waals surface area contributed by atoms with E-state index in [0.29, 0.717) is 19.8 Å². The van der Waals surface area contributed by atoms with Crippen LogP contribution in [0.2, 0.25) is 0 Å². The molecule has 1 heterocycles. The van der Waals surface area contributed by atoms with Crippen molar-refractivity contribution in [3.05, 3.63) is 83.9 Å². The van der Waals surface area contributed by atoms with Gasteiger partial charge in [0, 0.05) is 12.5 Å². The predicted molar refractivity (Wildman–Crippen MR) is 100 cm³/mol. The molecule has 0 aliphatic carbocycles. The van der Waals surface area contributed by atoms with Crippen LogP contribution in [-0.4, -0.2) is 30.7 Å². The molecule has 1 aliphatic rings. The highest BCUT2D eigenvalue weighted by Crippen LogP contribution is 2.31. The summed E-state index contributed by atoms with van der Waals surface area (Å²) < 4.78 is 17.5. The minimum atomic E-state index is -0.652. The molecule has 0 aromatic heterocycles. The molecule has 0 fully saturated rings. The van der Waals surface area contributed by atoms with Crippen LogP contribution in [0.4, 0.5) is 0 Å². The van der Waals surface area contributed by atoms with Gasteiger partial charge in [0.25, 0.3) is 0 Å². The monoisotopic (exact) mass is 354 g/mol. The van der Waals surface area contributed by atoms with Crippen molar-refractivity contribution < 1.29 is 19.3 Å². The van der Waals surface area contributed by atoms with Crippen molar-refractivity contribution >= 4 is 0 Å². The first kappa shape index (κ1) is 18.8. The molecule has 3 rings (SSSR count). The van der Waals surface area contributed by atoms with E-state index in [4.69, 9.17) is 14.2 Å². The molecule has 0 amide bonds. The quantitative estimate of drug-likeness (QED) is 0.731. The largest absolute Gasteiger partial charge is 0.388 e. The van der Waals surface area contributed by atoms with E-state index < -0.39 is 12.4 Å². The summed E-state index contributed by atoms with van der Waals surface area (Å²) >= 11 is 0. The molecular weight excluding hydrogens is 328 g/mol. The van der Waals surface area contributed by atoms with E-state index in [9.17, 15) is 5.11 Å². The minimum Gasteiger partial charge on any atom is -0.388 e. The lowest BCUT2D eigenvalue weighted by atomic mass is 9.89. The van der Waals surface area contributed by atoms with Crippen LogP contribution in [0, 0.1) is 5.92 Å². The van der Waals surface area contributed by atoms with E-state index in [-0.39, 0.29) is 12.0 Å². The van der Waals surface area contributed by atoms with Crippen LogP contribution in [-0.2, 0) is 20.8 Å². The van der Waals surface area contributed by atoms with Crippen molar-refractivity contribution in [3.8, 4) is 0 Å². The zero-order valence-electron chi connectivity index (χ0n) is 15.0. The van der Waals surface area contributed by atoms with Crippen LogP contribution in [0.3, 0.4) is 0 Å². The molecule has 0 saturated carbocycles.